The molecule has 130 valence electrons. The molecule has 0 radical (unpaired) electrons. The second kappa shape index (κ2) is 10.4. The number of carbonyl (C=O) groups excluding carboxylic acids is 1. The maximum atomic E-state index is 11.8. The lowest BCUT2D eigenvalue weighted by molar-refractivity contribution is -0.118. The van der Waals surface area contributed by atoms with E-state index in [0.29, 0.717) is 12.4 Å². The fourth-order valence-electron chi connectivity index (χ4n) is 2.04. The van der Waals surface area contributed by atoms with Crippen molar-refractivity contribution in [2.24, 2.45) is 5.10 Å². The van der Waals surface area contributed by atoms with Gasteiger partial charge < -0.3 is 4.74 Å². The van der Waals surface area contributed by atoms with E-state index in [0.717, 1.165) is 17.1 Å². The highest BCUT2D eigenvalue weighted by Gasteiger charge is 2.02. The molecule has 0 aliphatic rings. The Bertz CT molecular complexity index is 727. The molecule has 4 nitrogen and oxygen atoms in total. The van der Waals surface area contributed by atoms with Crippen LogP contribution in [0.25, 0.3) is 0 Å². The maximum absolute atomic E-state index is 11.8. The van der Waals surface area contributed by atoms with E-state index in [1.165, 1.54) is 11.1 Å². The van der Waals surface area contributed by atoms with Crippen LogP contribution < -0.4 is 10.2 Å². The summed E-state index contributed by atoms with van der Waals surface area (Å²) in [5.41, 5.74) is 5.93. The van der Waals surface area contributed by atoms with Crippen LogP contribution in [0.1, 0.15) is 16.7 Å². The molecule has 0 saturated carbocycles. The second-order valence-electron chi connectivity index (χ2n) is 5.38. The van der Waals surface area contributed by atoms with Gasteiger partial charge in [0.25, 0.3) is 0 Å². The Morgan fingerprint density at radius 2 is 2.00 bits per heavy atom. The van der Waals surface area contributed by atoms with Crippen molar-refractivity contribution < 1.29 is 9.53 Å². The summed E-state index contributed by atoms with van der Waals surface area (Å²) in [4.78, 5) is 11.8. The van der Waals surface area contributed by atoms with Gasteiger partial charge in [-0.1, -0.05) is 36.9 Å². The molecule has 0 aromatic heterocycles. The fourth-order valence-corrected chi connectivity index (χ4v) is 2.94. The van der Waals surface area contributed by atoms with E-state index in [2.05, 4.69) is 36.2 Å². The van der Waals surface area contributed by atoms with Crippen molar-refractivity contribution in [1.29, 1.82) is 0 Å². The molecule has 1 N–H and O–H groups in total. The average Bonchev–Trinajstić information content (AvgIpc) is 2.63. The molecule has 2 aromatic carbocycles. The number of hydrogen-bond donors (Lipinski definition) is 1. The highest BCUT2D eigenvalue weighted by molar-refractivity contribution is 7.99. The van der Waals surface area contributed by atoms with Crippen LogP contribution in [0, 0.1) is 6.92 Å². The first kappa shape index (κ1) is 18.8. The van der Waals surface area contributed by atoms with Crippen molar-refractivity contribution in [3.8, 4) is 5.75 Å². The summed E-state index contributed by atoms with van der Waals surface area (Å²) in [5.74, 6) is 1.85. The summed E-state index contributed by atoms with van der Waals surface area (Å²) < 4.78 is 5.41. The standard InChI is InChI=1S/C20H22N2O2S/c1-3-12-24-19-10-8-17(9-11-19)13-21-22-20(23)15-25-14-18-7-5-4-6-16(18)2/h3-11,13H,1,12,14-15H2,2H3,(H,22,23)/b21-13-. The normalized spacial score (nSPS) is 10.6. The molecule has 0 heterocycles. The summed E-state index contributed by atoms with van der Waals surface area (Å²) in [5, 5.41) is 3.98. The van der Waals surface area contributed by atoms with E-state index in [1.807, 2.05) is 36.4 Å². The topological polar surface area (TPSA) is 50.7 Å². The molecule has 0 bridgehead atoms. The Morgan fingerprint density at radius 3 is 2.72 bits per heavy atom. The molecule has 0 saturated heterocycles. The first-order valence-corrected chi connectivity index (χ1v) is 9.12. The van der Waals surface area contributed by atoms with Gasteiger partial charge in [0.2, 0.25) is 5.91 Å². The number of benzene rings is 2. The zero-order valence-corrected chi connectivity index (χ0v) is 15.1. The van der Waals surface area contributed by atoms with Gasteiger partial charge in [0.1, 0.15) is 12.4 Å². The Labute approximate surface area is 153 Å². The molecule has 0 aliphatic heterocycles. The zero-order valence-electron chi connectivity index (χ0n) is 14.3. The Hall–Kier alpha value is -2.53. The molecule has 2 rings (SSSR count). The van der Waals surface area contributed by atoms with Gasteiger partial charge in [0.15, 0.2) is 0 Å². The van der Waals surface area contributed by atoms with Crippen LogP contribution >= 0.6 is 11.8 Å². The number of thioether (sulfide) groups is 1. The molecule has 5 heteroatoms. The number of hydrazone groups is 1. The molecule has 0 aliphatic carbocycles. The molecule has 2 aromatic rings. The van der Waals surface area contributed by atoms with E-state index >= 15 is 0 Å². The number of nitrogens with zero attached hydrogens (tertiary/aromatic N) is 1. The van der Waals surface area contributed by atoms with Crippen molar-refractivity contribution in [3.05, 3.63) is 77.9 Å². The molecule has 25 heavy (non-hydrogen) atoms. The van der Waals surface area contributed by atoms with E-state index in [4.69, 9.17) is 4.74 Å². The van der Waals surface area contributed by atoms with Gasteiger partial charge in [0.05, 0.1) is 12.0 Å². The Morgan fingerprint density at radius 1 is 1.24 bits per heavy atom. The molecule has 0 fully saturated rings. The van der Waals surface area contributed by atoms with E-state index in [-0.39, 0.29) is 5.91 Å². The minimum Gasteiger partial charge on any atom is -0.490 e. The zero-order chi connectivity index (χ0) is 17.9. The summed E-state index contributed by atoms with van der Waals surface area (Å²) >= 11 is 1.57. The molecule has 0 unspecified atom stereocenters. The predicted octanol–water partition coefficient (Wildman–Crippen LogP) is 3.94. The quantitative estimate of drug-likeness (QED) is 0.421. The number of aryl methyl sites for hydroxylation is 1. The Balaban J connectivity index is 1.71. The number of carbonyl (C=O) groups is 1. The average molecular weight is 354 g/mol. The third kappa shape index (κ3) is 6.85. The summed E-state index contributed by atoms with van der Waals surface area (Å²) in [6.07, 6.45) is 3.31. The monoisotopic (exact) mass is 354 g/mol. The smallest absolute Gasteiger partial charge is 0.250 e. The molecule has 0 atom stereocenters. The van der Waals surface area contributed by atoms with Crippen LogP contribution in [-0.2, 0) is 10.5 Å². The van der Waals surface area contributed by atoms with Gasteiger partial charge in [-0.2, -0.15) is 5.10 Å². The lowest BCUT2D eigenvalue weighted by Gasteiger charge is -2.04. The van der Waals surface area contributed by atoms with Gasteiger partial charge >= 0.3 is 0 Å². The predicted molar refractivity (Wildman–Crippen MR) is 105 cm³/mol. The second-order valence-corrected chi connectivity index (χ2v) is 6.37. The van der Waals surface area contributed by atoms with Gasteiger partial charge in [-0.05, 0) is 47.9 Å². The largest absolute Gasteiger partial charge is 0.490 e. The number of rotatable bonds is 9. The van der Waals surface area contributed by atoms with Crippen LogP contribution in [0.15, 0.2) is 66.3 Å². The maximum Gasteiger partial charge on any atom is 0.250 e. The third-order valence-electron chi connectivity index (χ3n) is 3.40. The lowest BCUT2D eigenvalue weighted by Crippen LogP contribution is -2.19. The van der Waals surface area contributed by atoms with E-state index < -0.39 is 0 Å². The number of hydrogen-bond acceptors (Lipinski definition) is 4. The van der Waals surface area contributed by atoms with Crippen LogP contribution in [0.2, 0.25) is 0 Å². The fraction of sp³-hybridized carbons (Fsp3) is 0.200. The number of amides is 1. The minimum absolute atomic E-state index is 0.110. The van der Waals surface area contributed by atoms with Crippen LogP contribution in [-0.4, -0.2) is 24.5 Å². The lowest BCUT2D eigenvalue weighted by atomic mass is 10.1. The Kier molecular flexibility index (Phi) is 7.79. The minimum atomic E-state index is -0.110. The molecular formula is C20H22N2O2S. The van der Waals surface area contributed by atoms with Crippen LogP contribution in [0.4, 0.5) is 0 Å². The first-order valence-electron chi connectivity index (χ1n) is 7.97. The highest BCUT2D eigenvalue weighted by Crippen LogP contribution is 2.15. The summed E-state index contributed by atoms with van der Waals surface area (Å²) in [7, 11) is 0. The number of nitrogens with one attached hydrogen (secondary N) is 1. The highest BCUT2D eigenvalue weighted by atomic mass is 32.2. The van der Waals surface area contributed by atoms with Crippen molar-refractivity contribution >= 4 is 23.9 Å². The van der Waals surface area contributed by atoms with Crippen LogP contribution in [0.3, 0.4) is 0 Å². The summed E-state index contributed by atoms with van der Waals surface area (Å²) in [6, 6.07) is 15.6. The van der Waals surface area contributed by atoms with Crippen LogP contribution in [0.5, 0.6) is 5.75 Å². The van der Waals surface area contributed by atoms with Crippen molar-refractivity contribution in [1.82, 2.24) is 5.43 Å². The molecular weight excluding hydrogens is 332 g/mol. The number of ether oxygens (including phenoxy) is 1. The van der Waals surface area contributed by atoms with Gasteiger partial charge in [-0.15, -0.1) is 11.8 Å². The molecule has 0 spiro atoms. The summed E-state index contributed by atoms with van der Waals surface area (Å²) in [6.45, 7) is 6.16. The van der Waals surface area contributed by atoms with Gasteiger partial charge in [-0.25, -0.2) is 5.43 Å². The van der Waals surface area contributed by atoms with Crippen molar-refractivity contribution in [3.63, 3.8) is 0 Å². The van der Waals surface area contributed by atoms with Crippen molar-refractivity contribution in [2.45, 2.75) is 12.7 Å². The molecule has 1 amide bonds. The van der Waals surface area contributed by atoms with Crippen molar-refractivity contribution in [2.75, 3.05) is 12.4 Å². The van der Waals surface area contributed by atoms with E-state index in [9.17, 15) is 4.79 Å². The van der Waals surface area contributed by atoms with Gasteiger partial charge in [0, 0.05) is 5.75 Å². The van der Waals surface area contributed by atoms with E-state index in [1.54, 1.807) is 24.1 Å². The SMILES string of the molecule is C=CCOc1ccc(/C=N\NC(=O)CSCc2ccccc2C)cc1. The first-order chi connectivity index (χ1) is 12.2. The third-order valence-corrected chi connectivity index (χ3v) is 4.38. The van der Waals surface area contributed by atoms with Gasteiger partial charge in [-0.3, -0.25) is 4.79 Å².